The number of rotatable bonds is 11. The van der Waals surface area contributed by atoms with Crippen molar-refractivity contribution in [3.8, 4) is 0 Å². The Balaban J connectivity index is 1.26. The first kappa shape index (κ1) is 41.2. The minimum Gasteiger partial charge on any atom is -0.444 e. The van der Waals surface area contributed by atoms with E-state index in [1.54, 1.807) is 26.0 Å². The molecule has 55 heavy (non-hydrogen) atoms. The summed E-state index contributed by atoms with van der Waals surface area (Å²) in [5, 5.41) is 5.20. The van der Waals surface area contributed by atoms with Crippen molar-refractivity contribution < 1.29 is 50.3 Å². The summed E-state index contributed by atoms with van der Waals surface area (Å²) >= 11 is 0. The Morgan fingerprint density at radius 3 is 2.45 bits per heavy atom. The number of ether oxygens (including phenoxy) is 1. The summed E-state index contributed by atoms with van der Waals surface area (Å²) < 4.78 is 76.1. The van der Waals surface area contributed by atoms with Gasteiger partial charge in [-0.2, -0.15) is 17.9 Å². The van der Waals surface area contributed by atoms with Gasteiger partial charge < -0.3 is 15.0 Å². The molecule has 0 spiro atoms. The first-order valence-corrected chi connectivity index (χ1v) is 22.3. The molecule has 1 aromatic rings. The minimum absolute atomic E-state index is 0.0148. The molecule has 1 aromatic carbocycles. The molecular weight excluding hydrogens is 758 g/mol. The normalized spacial score (nSPS) is 28.3. The Bertz CT molecular complexity index is 1800. The number of hydrogen-bond donors (Lipinski definition) is 4. The van der Waals surface area contributed by atoms with Crippen LogP contribution in [0.15, 0.2) is 30.4 Å². The average Bonchev–Trinajstić information content (AvgIpc) is 3.54. The van der Waals surface area contributed by atoms with Crippen molar-refractivity contribution in [2.45, 2.75) is 127 Å². The molecule has 6 rings (SSSR count). The number of nitrogens with zero attached hydrogens (tertiary/aromatic N) is 2. The fraction of sp³-hybridized carbons (Fsp3) is 0.667. The van der Waals surface area contributed by atoms with Crippen molar-refractivity contribution in [3.05, 3.63) is 47.3 Å². The van der Waals surface area contributed by atoms with Gasteiger partial charge in [-0.25, -0.2) is 13.8 Å². The van der Waals surface area contributed by atoms with Gasteiger partial charge in [-0.1, -0.05) is 50.0 Å². The molecule has 3 heterocycles. The van der Waals surface area contributed by atoms with E-state index in [0.717, 1.165) is 19.3 Å². The molecule has 4 N–H and O–H groups in total. The molecule has 3 fully saturated rings. The van der Waals surface area contributed by atoms with E-state index < -0.39 is 77.2 Å². The summed E-state index contributed by atoms with van der Waals surface area (Å²) in [7, 11) is -8.22. The van der Waals surface area contributed by atoms with Crippen LogP contribution in [0, 0.1) is 11.7 Å². The van der Waals surface area contributed by atoms with E-state index in [1.807, 2.05) is 12.2 Å². The average molecular weight is 811 g/mol. The second-order valence-electron chi connectivity index (χ2n) is 14.9. The molecule has 4 amide bonds. The lowest BCUT2D eigenvalue weighted by Crippen LogP contribution is -2.58. The minimum atomic E-state index is -4.13. The largest absolute Gasteiger partial charge is 0.444 e. The zero-order valence-electron chi connectivity index (χ0n) is 31.3. The van der Waals surface area contributed by atoms with Gasteiger partial charge in [-0.05, 0) is 64.0 Å². The monoisotopic (exact) mass is 810 g/mol. The maximum Gasteiger partial charge on any atom is 0.434 e. The van der Waals surface area contributed by atoms with Gasteiger partial charge >= 0.3 is 13.8 Å². The molecule has 0 aromatic heterocycles. The Morgan fingerprint density at radius 1 is 1.02 bits per heavy atom. The lowest BCUT2D eigenvalue weighted by atomic mass is 10.1. The Hall–Kier alpha value is -3.41. The van der Waals surface area contributed by atoms with Crippen LogP contribution in [-0.4, -0.2) is 91.6 Å². The van der Waals surface area contributed by atoms with Crippen molar-refractivity contribution in [1.82, 2.24) is 29.6 Å². The number of halogens is 1. The fourth-order valence-corrected chi connectivity index (χ4v) is 10.7. The maximum absolute atomic E-state index is 14.5. The smallest absolute Gasteiger partial charge is 0.434 e. The third-order valence-electron chi connectivity index (χ3n) is 10.9. The maximum atomic E-state index is 14.5. The molecule has 1 saturated heterocycles. The van der Waals surface area contributed by atoms with Gasteiger partial charge in [0.2, 0.25) is 11.8 Å². The van der Waals surface area contributed by atoms with Crippen LogP contribution < -0.4 is 19.8 Å². The number of carbonyl (C=O) groups excluding carboxylic acids is 4. The summed E-state index contributed by atoms with van der Waals surface area (Å²) in [4.78, 5) is 58.7. The van der Waals surface area contributed by atoms with Crippen LogP contribution in [0.5, 0.6) is 0 Å². The highest BCUT2D eigenvalue weighted by Gasteiger charge is 2.62. The zero-order valence-corrected chi connectivity index (χ0v) is 33.0. The molecule has 304 valence electrons. The topological polar surface area (TPSA) is 202 Å². The van der Waals surface area contributed by atoms with Crippen molar-refractivity contribution in [2.24, 2.45) is 5.92 Å². The van der Waals surface area contributed by atoms with E-state index in [9.17, 15) is 36.6 Å². The predicted octanol–water partition coefficient (Wildman–Crippen LogP) is 3.68. The second-order valence-corrected chi connectivity index (χ2v) is 18.1. The van der Waals surface area contributed by atoms with Crippen molar-refractivity contribution in [3.63, 3.8) is 0 Å². The van der Waals surface area contributed by atoms with Gasteiger partial charge in [0, 0.05) is 30.5 Å². The highest BCUT2D eigenvalue weighted by molar-refractivity contribution is 7.87. The number of allylic oxidation sites excluding steroid dienone is 1. The molecule has 3 aliphatic heterocycles. The highest BCUT2D eigenvalue weighted by Crippen LogP contribution is 2.50. The number of nitrogens with one attached hydrogen (secondary N) is 4. The van der Waals surface area contributed by atoms with Gasteiger partial charge in [-0.3, -0.25) is 33.4 Å². The van der Waals surface area contributed by atoms with Crippen LogP contribution in [0.3, 0.4) is 0 Å². The molecule has 1 unspecified atom stereocenters. The molecule has 16 nitrogen and oxygen atoms in total. The fourth-order valence-electron chi connectivity index (χ4n) is 8.02. The van der Waals surface area contributed by atoms with Crippen LogP contribution in [-0.2, 0) is 56.0 Å². The van der Waals surface area contributed by atoms with Gasteiger partial charge in [0.05, 0.1) is 26.3 Å². The number of hydrogen-bond acceptors (Lipinski definition) is 10. The van der Waals surface area contributed by atoms with E-state index in [-0.39, 0.29) is 58.2 Å². The summed E-state index contributed by atoms with van der Waals surface area (Å²) in [5.41, 5.74) is -0.537. The second kappa shape index (κ2) is 17.4. The standard InChI is InChI=1S/C36H52FN6O10PS/c1-3-51-54(48,52-4-2)39-34(46)36-20-25(36)14-8-6-5-7-9-18-30(41-55(49,50)40-26-15-10-11-16-26)33(45)43-22-27(19-31(43)32(44)38-36)53-35(47)42-21-24-13-12-17-29(37)28(24)23-42/h8,12-14,17,25-27,30-31,40-41H,3-7,9-11,15-16,18-23H2,1-2H3,(H,38,44)(H,39,46,48)/b14-8-/t25?,27-,30+,31+,36-/m1/s1. The van der Waals surface area contributed by atoms with Crippen molar-refractivity contribution in [2.75, 3.05) is 19.8 Å². The summed E-state index contributed by atoms with van der Waals surface area (Å²) in [6.07, 6.45) is 7.84. The number of carbonyl (C=O) groups is 4. The molecule has 2 aliphatic carbocycles. The Kier molecular flexibility index (Phi) is 13.0. The molecule has 5 atom stereocenters. The molecule has 19 heteroatoms. The van der Waals surface area contributed by atoms with E-state index in [1.165, 1.54) is 15.9 Å². The lowest BCUT2D eigenvalue weighted by Gasteiger charge is -2.30. The molecule has 2 saturated carbocycles. The Morgan fingerprint density at radius 2 is 1.75 bits per heavy atom. The SMILES string of the molecule is CCOP(=O)(NC(=O)[C@@]12CC1/C=C\CCCCC[C@H](NS(=O)(=O)NC1CCCC1)C(=O)N1C[C@H](OC(=O)N3Cc4cccc(F)c4C3)C[C@H]1C(=O)N2)OCC. The van der Waals surface area contributed by atoms with E-state index in [4.69, 9.17) is 13.8 Å². The van der Waals surface area contributed by atoms with Crippen molar-refractivity contribution >= 4 is 41.8 Å². The molecular formula is C36H52FN6O10PS. The van der Waals surface area contributed by atoms with Crippen LogP contribution >= 0.6 is 7.75 Å². The van der Waals surface area contributed by atoms with Crippen molar-refractivity contribution in [1.29, 1.82) is 0 Å². The van der Waals surface area contributed by atoms with Gasteiger partial charge in [-0.15, -0.1) is 0 Å². The predicted molar refractivity (Wildman–Crippen MR) is 197 cm³/mol. The quantitative estimate of drug-likeness (QED) is 0.189. The first-order chi connectivity index (χ1) is 26.3. The third kappa shape index (κ3) is 9.77. The summed E-state index contributed by atoms with van der Waals surface area (Å²) in [5.74, 6) is -3.12. The number of fused-ring (bicyclic) bond motifs is 3. The summed E-state index contributed by atoms with van der Waals surface area (Å²) in [6, 6.07) is 1.82. The van der Waals surface area contributed by atoms with Crippen LogP contribution in [0.2, 0.25) is 0 Å². The van der Waals surface area contributed by atoms with Crippen LogP contribution in [0.1, 0.15) is 95.6 Å². The molecule has 5 aliphatic rings. The number of amides is 4. The Labute approximate surface area is 321 Å². The van der Waals surface area contributed by atoms with E-state index in [0.29, 0.717) is 43.2 Å². The van der Waals surface area contributed by atoms with Gasteiger partial charge in [0.1, 0.15) is 29.5 Å². The van der Waals surface area contributed by atoms with Crippen LogP contribution in [0.4, 0.5) is 9.18 Å². The molecule has 0 radical (unpaired) electrons. The van der Waals surface area contributed by atoms with Gasteiger partial charge in [0.15, 0.2) is 0 Å². The highest BCUT2D eigenvalue weighted by atomic mass is 32.2. The van der Waals surface area contributed by atoms with E-state index in [2.05, 4.69) is 19.8 Å². The number of benzene rings is 1. The first-order valence-electron chi connectivity index (χ1n) is 19.3. The molecule has 0 bridgehead atoms. The zero-order chi connectivity index (χ0) is 39.4. The van der Waals surface area contributed by atoms with E-state index >= 15 is 0 Å². The van der Waals surface area contributed by atoms with Gasteiger partial charge in [0.25, 0.3) is 16.1 Å². The lowest BCUT2D eigenvalue weighted by molar-refractivity contribution is -0.141. The summed E-state index contributed by atoms with van der Waals surface area (Å²) in [6.45, 7) is 3.02. The third-order valence-corrected chi connectivity index (χ3v) is 13.8. The van der Waals surface area contributed by atoms with Crippen LogP contribution in [0.25, 0.3) is 0 Å².